The SMILES string of the molecule is Cc1cccc(C2=NC(=O)c3c(-c4cccc(C)c4)[nH]c(O)c32)c1. The van der Waals surface area contributed by atoms with Crippen molar-refractivity contribution in [3.63, 3.8) is 0 Å². The molecule has 0 bridgehead atoms. The molecule has 4 heteroatoms. The predicted molar refractivity (Wildman–Crippen MR) is 93.8 cm³/mol. The van der Waals surface area contributed by atoms with Crippen molar-refractivity contribution in [1.82, 2.24) is 4.98 Å². The van der Waals surface area contributed by atoms with Crippen LogP contribution in [-0.4, -0.2) is 21.7 Å². The molecule has 2 heterocycles. The van der Waals surface area contributed by atoms with Gasteiger partial charge in [-0.05, 0) is 31.5 Å². The number of amides is 1. The Bertz CT molecular complexity index is 1010. The van der Waals surface area contributed by atoms with Gasteiger partial charge in [-0.3, -0.25) is 4.79 Å². The number of hydrogen-bond donors (Lipinski definition) is 2. The van der Waals surface area contributed by atoms with Crippen LogP contribution in [0.2, 0.25) is 0 Å². The topological polar surface area (TPSA) is 65.5 Å². The van der Waals surface area contributed by atoms with Gasteiger partial charge in [0.25, 0.3) is 5.91 Å². The molecule has 3 aromatic rings. The van der Waals surface area contributed by atoms with Gasteiger partial charge in [-0.25, -0.2) is 4.99 Å². The van der Waals surface area contributed by atoms with Crippen molar-refractivity contribution in [3.8, 4) is 17.1 Å². The number of H-pyrrole nitrogens is 1. The molecule has 0 atom stereocenters. The molecule has 4 rings (SSSR count). The van der Waals surface area contributed by atoms with E-state index in [9.17, 15) is 9.90 Å². The summed E-state index contributed by atoms with van der Waals surface area (Å²) < 4.78 is 0. The Morgan fingerprint density at radius 3 is 2.21 bits per heavy atom. The van der Waals surface area contributed by atoms with Crippen molar-refractivity contribution >= 4 is 11.6 Å². The van der Waals surface area contributed by atoms with Crippen LogP contribution in [0.4, 0.5) is 0 Å². The third-order valence-electron chi connectivity index (χ3n) is 4.24. The Labute approximate surface area is 139 Å². The van der Waals surface area contributed by atoms with Crippen LogP contribution in [0.25, 0.3) is 11.3 Å². The lowest BCUT2D eigenvalue weighted by atomic mass is 9.99. The third-order valence-corrected chi connectivity index (χ3v) is 4.24. The van der Waals surface area contributed by atoms with Gasteiger partial charge in [0.05, 0.1) is 22.5 Å². The molecule has 2 aromatic carbocycles. The fraction of sp³-hybridized carbons (Fsp3) is 0.100. The van der Waals surface area contributed by atoms with Crippen LogP contribution >= 0.6 is 0 Å². The molecule has 24 heavy (non-hydrogen) atoms. The molecule has 0 fully saturated rings. The molecule has 4 nitrogen and oxygen atoms in total. The number of carbonyl (C=O) groups is 1. The maximum atomic E-state index is 12.5. The number of aromatic amines is 1. The van der Waals surface area contributed by atoms with Crippen molar-refractivity contribution in [2.75, 3.05) is 0 Å². The molecule has 0 aliphatic carbocycles. The number of carbonyl (C=O) groups excluding carboxylic acids is 1. The number of aryl methyl sites for hydroxylation is 2. The van der Waals surface area contributed by atoms with Crippen LogP contribution in [0, 0.1) is 13.8 Å². The summed E-state index contributed by atoms with van der Waals surface area (Å²) in [6.07, 6.45) is 0. The summed E-state index contributed by atoms with van der Waals surface area (Å²) in [5.74, 6) is -0.345. The molecule has 1 amide bonds. The van der Waals surface area contributed by atoms with Crippen LogP contribution in [-0.2, 0) is 0 Å². The van der Waals surface area contributed by atoms with Gasteiger partial charge in [-0.2, -0.15) is 0 Å². The van der Waals surface area contributed by atoms with Gasteiger partial charge in [0.2, 0.25) is 0 Å². The predicted octanol–water partition coefficient (Wildman–Crippen LogP) is 4.00. The van der Waals surface area contributed by atoms with Crippen molar-refractivity contribution in [2.45, 2.75) is 13.8 Å². The second kappa shape index (κ2) is 5.20. The Hall–Kier alpha value is -3.14. The average Bonchev–Trinajstić information content (AvgIpc) is 3.07. The number of rotatable bonds is 2. The van der Waals surface area contributed by atoms with E-state index in [1.165, 1.54) is 0 Å². The third kappa shape index (κ3) is 2.15. The van der Waals surface area contributed by atoms with Gasteiger partial charge in [-0.15, -0.1) is 0 Å². The Morgan fingerprint density at radius 2 is 1.54 bits per heavy atom. The Kier molecular flexibility index (Phi) is 3.13. The van der Waals surface area contributed by atoms with Crippen LogP contribution in [0.1, 0.15) is 32.6 Å². The number of benzene rings is 2. The first kappa shape index (κ1) is 14.5. The minimum Gasteiger partial charge on any atom is -0.494 e. The molecule has 1 aromatic heterocycles. The van der Waals surface area contributed by atoms with E-state index in [-0.39, 0.29) is 11.8 Å². The van der Waals surface area contributed by atoms with Crippen molar-refractivity contribution in [2.24, 2.45) is 4.99 Å². The summed E-state index contributed by atoms with van der Waals surface area (Å²) >= 11 is 0. The highest BCUT2D eigenvalue weighted by Gasteiger charge is 2.33. The van der Waals surface area contributed by atoms with Crippen molar-refractivity contribution in [1.29, 1.82) is 0 Å². The molecule has 2 N–H and O–H groups in total. The molecule has 0 unspecified atom stereocenters. The summed E-state index contributed by atoms with van der Waals surface area (Å²) in [4.78, 5) is 19.7. The standard InChI is InChI=1S/C20H16N2O2/c1-11-5-3-7-13(9-11)17-15-16(20(24)21-17)18(22-19(15)23)14-8-4-6-12(2)10-14/h3-10,21,24H,1-2H3. The van der Waals surface area contributed by atoms with Gasteiger partial charge in [0.15, 0.2) is 5.88 Å². The van der Waals surface area contributed by atoms with E-state index in [1.807, 2.05) is 62.4 Å². The van der Waals surface area contributed by atoms with Gasteiger partial charge in [0.1, 0.15) is 0 Å². The lowest BCUT2D eigenvalue weighted by Gasteiger charge is -2.02. The molecule has 0 radical (unpaired) electrons. The second-order valence-corrected chi connectivity index (χ2v) is 6.10. The van der Waals surface area contributed by atoms with E-state index >= 15 is 0 Å². The fourth-order valence-corrected chi connectivity index (χ4v) is 3.16. The Morgan fingerprint density at radius 1 is 0.917 bits per heavy atom. The number of aromatic hydroxyl groups is 1. The highest BCUT2D eigenvalue weighted by atomic mass is 16.3. The maximum Gasteiger partial charge on any atom is 0.280 e. The van der Waals surface area contributed by atoms with E-state index in [0.717, 1.165) is 22.3 Å². The maximum absolute atomic E-state index is 12.5. The van der Waals surface area contributed by atoms with Crippen molar-refractivity contribution < 1.29 is 9.90 Å². The average molecular weight is 316 g/mol. The molecular weight excluding hydrogens is 300 g/mol. The minimum absolute atomic E-state index is 0.0207. The summed E-state index contributed by atoms with van der Waals surface area (Å²) in [7, 11) is 0. The van der Waals surface area contributed by atoms with Gasteiger partial charge in [0, 0.05) is 5.56 Å². The lowest BCUT2D eigenvalue weighted by Crippen LogP contribution is -2.00. The quantitative estimate of drug-likeness (QED) is 0.750. The number of aliphatic imine (C=N–C) groups is 1. The fourth-order valence-electron chi connectivity index (χ4n) is 3.16. The van der Waals surface area contributed by atoms with E-state index in [4.69, 9.17) is 0 Å². The molecule has 1 aliphatic heterocycles. The van der Waals surface area contributed by atoms with Crippen molar-refractivity contribution in [3.05, 3.63) is 76.3 Å². The first-order valence-electron chi connectivity index (χ1n) is 7.77. The monoisotopic (exact) mass is 316 g/mol. The first-order valence-corrected chi connectivity index (χ1v) is 7.77. The summed E-state index contributed by atoms with van der Waals surface area (Å²) in [6, 6.07) is 15.6. The van der Waals surface area contributed by atoms with Gasteiger partial charge < -0.3 is 10.1 Å². The van der Waals surface area contributed by atoms with Gasteiger partial charge in [-0.1, -0.05) is 47.5 Å². The minimum atomic E-state index is -0.324. The first-order chi connectivity index (χ1) is 11.5. The zero-order valence-corrected chi connectivity index (χ0v) is 13.4. The number of nitrogens with one attached hydrogen (secondary N) is 1. The smallest absolute Gasteiger partial charge is 0.280 e. The molecule has 0 saturated heterocycles. The normalized spacial score (nSPS) is 13.1. The van der Waals surface area contributed by atoms with Crippen LogP contribution in [0.15, 0.2) is 53.5 Å². The Balaban J connectivity index is 1.91. The molecular formula is C20H16N2O2. The number of fused-ring (bicyclic) bond motifs is 1. The zero-order valence-electron chi connectivity index (χ0n) is 13.4. The molecule has 0 spiro atoms. The van der Waals surface area contributed by atoms with Gasteiger partial charge >= 0.3 is 0 Å². The largest absolute Gasteiger partial charge is 0.494 e. The number of nitrogens with zero attached hydrogens (tertiary/aromatic N) is 1. The van der Waals surface area contributed by atoms with E-state index in [1.54, 1.807) is 0 Å². The van der Waals surface area contributed by atoms with E-state index in [0.29, 0.717) is 22.5 Å². The molecule has 118 valence electrons. The van der Waals surface area contributed by atoms with Crippen LogP contribution < -0.4 is 0 Å². The van der Waals surface area contributed by atoms with Crippen LogP contribution in [0.3, 0.4) is 0 Å². The second-order valence-electron chi connectivity index (χ2n) is 6.10. The zero-order chi connectivity index (χ0) is 16.8. The highest BCUT2D eigenvalue weighted by molar-refractivity contribution is 6.30. The van der Waals surface area contributed by atoms with E-state index < -0.39 is 0 Å². The molecule has 1 aliphatic rings. The summed E-state index contributed by atoms with van der Waals surface area (Å²) in [5, 5.41) is 10.4. The summed E-state index contributed by atoms with van der Waals surface area (Å²) in [6.45, 7) is 3.97. The van der Waals surface area contributed by atoms with E-state index in [2.05, 4.69) is 9.98 Å². The lowest BCUT2D eigenvalue weighted by molar-refractivity contribution is 0.101. The highest BCUT2D eigenvalue weighted by Crippen LogP contribution is 2.38. The molecule has 0 saturated carbocycles. The van der Waals surface area contributed by atoms with Crippen LogP contribution in [0.5, 0.6) is 5.88 Å². The summed E-state index contributed by atoms with van der Waals surface area (Å²) in [5.41, 5.74) is 5.91. The number of aromatic nitrogens is 1. The number of hydrogen-bond acceptors (Lipinski definition) is 2.